The molecule has 1 unspecified atom stereocenters. The number of hydrogen-bond donors (Lipinski definition) is 0. The molecule has 5 nitrogen and oxygen atoms in total. The molecule has 0 heterocycles. The van der Waals surface area contributed by atoms with Crippen LogP contribution in [-0.4, -0.2) is 26.3 Å². The molecule has 32 heavy (non-hydrogen) atoms. The van der Waals surface area contributed by atoms with E-state index < -0.39 is 0 Å². The Labute approximate surface area is 190 Å². The zero-order valence-corrected chi connectivity index (χ0v) is 19.6. The smallest absolute Gasteiger partial charge is 0.311 e. The van der Waals surface area contributed by atoms with E-state index in [0.717, 1.165) is 35.6 Å². The normalized spacial score (nSPS) is 11.8. The first-order valence-corrected chi connectivity index (χ1v) is 11.1. The summed E-state index contributed by atoms with van der Waals surface area (Å²) in [6.45, 7) is 5.92. The van der Waals surface area contributed by atoms with Crippen molar-refractivity contribution in [1.29, 1.82) is 0 Å². The Morgan fingerprint density at radius 1 is 0.844 bits per heavy atom. The fourth-order valence-electron chi connectivity index (χ4n) is 3.81. The summed E-state index contributed by atoms with van der Waals surface area (Å²) in [6, 6.07) is 16.4. The van der Waals surface area contributed by atoms with Crippen molar-refractivity contribution in [2.45, 2.75) is 52.6 Å². The monoisotopic (exact) mass is 436 g/mol. The maximum Gasteiger partial charge on any atom is 0.311 e. The zero-order chi connectivity index (χ0) is 23.1. The van der Waals surface area contributed by atoms with Crippen LogP contribution in [0, 0.1) is 0 Å². The molecule has 0 spiro atoms. The molecular formula is C27H32O5. The molecule has 0 radical (unpaired) electrons. The van der Waals surface area contributed by atoms with Crippen LogP contribution in [0.2, 0.25) is 0 Å². The minimum atomic E-state index is -0.340. The number of fused-ring (bicyclic) bond motifs is 1. The van der Waals surface area contributed by atoms with Gasteiger partial charge in [0.25, 0.3) is 0 Å². The molecule has 3 aromatic rings. The first-order valence-electron chi connectivity index (χ1n) is 11.1. The largest absolute Gasteiger partial charge is 0.490 e. The highest BCUT2D eigenvalue weighted by molar-refractivity contribution is 6.00. The molecule has 1 atom stereocenters. The van der Waals surface area contributed by atoms with Crippen molar-refractivity contribution in [2.24, 2.45) is 0 Å². The average molecular weight is 437 g/mol. The van der Waals surface area contributed by atoms with Gasteiger partial charge in [0.2, 0.25) is 11.5 Å². The number of methoxy groups -OCH3 is 2. The lowest BCUT2D eigenvalue weighted by atomic mass is 9.99. The highest BCUT2D eigenvalue weighted by Gasteiger charge is 2.26. The fraction of sp³-hybridized carbons (Fsp3) is 0.370. The molecule has 0 N–H and O–H groups in total. The predicted octanol–water partition coefficient (Wildman–Crippen LogP) is 6.33. The van der Waals surface area contributed by atoms with Gasteiger partial charge in [-0.1, -0.05) is 62.7 Å². The third-order valence-corrected chi connectivity index (χ3v) is 5.37. The van der Waals surface area contributed by atoms with Crippen LogP contribution >= 0.6 is 0 Å². The second-order valence-corrected chi connectivity index (χ2v) is 7.81. The Morgan fingerprint density at radius 2 is 1.53 bits per heavy atom. The maximum absolute atomic E-state index is 12.3. The molecule has 0 aromatic heterocycles. The third kappa shape index (κ3) is 5.16. The van der Waals surface area contributed by atoms with E-state index in [4.69, 9.17) is 18.9 Å². The number of rotatable bonds is 10. The van der Waals surface area contributed by atoms with Gasteiger partial charge < -0.3 is 18.9 Å². The van der Waals surface area contributed by atoms with Crippen LogP contribution in [0.3, 0.4) is 0 Å². The summed E-state index contributed by atoms with van der Waals surface area (Å²) < 4.78 is 23.5. The van der Waals surface area contributed by atoms with Gasteiger partial charge in [0.15, 0.2) is 11.5 Å². The van der Waals surface area contributed by atoms with E-state index in [1.165, 1.54) is 5.56 Å². The Kier molecular flexibility index (Phi) is 7.98. The number of hydrogen-bond acceptors (Lipinski definition) is 5. The first-order chi connectivity index (χ1) is 15.5. The van der Waals surface area contributed by atoms with Crippen molar-refractivity contribution >= 4 is 16.7 Å². The van der Waals surface area contributed by atoms with Crippen molar-refractivity contribution in [3.8, 4) is 23.0 Å². The summed E-state index contributed by atoms with van der Waals surface area (Å²) in [6.07, 6.45) is 2.92. The van der Waals surface area contributed by atoms with E-state index in [1.54, 1.807) is 21.1 Å². The quantitative estimate of drug-likeness (QED) is 0.275. The standard InChI is InChI=1S/C27H32O5/c1-6-11-18(3)31-24-21-15-14-20(16-19-12-9-8-10-13-19)17-22(21)25(32-23(28)7-2)27(30-5)26(24)29-4/h8-10,12-15,17-18H,6-7,11,16H2,1-5H3. The Hall–Kier alpha value is -3.21. The molecule has 0 bridgehead atoms. The third-order valence-electron chi connectivity index (χ3n) is 5.37. The molecule has 0 saturated heterocycles. The van der Waals surface area contributed by atoms with E-state index >= 15 is 0 Å². The van der Waals surface area contributed by atoms with E-state index in [-0.39, 0.29) is 18.5 Å². The molecule has 0 fully saturated rings. The number of carbonyl (C=O) groups excluding carboxylic acids is 1. The molecular weight excluding hydrogens is 404 g/mol. The molecule has 0 aliphatic carbocycles. The predicted molar refractivity (Wildman–Crippen MR) is 127 cm³/mol. The lowest BCUT2D eigenvalue weighted by Crippen LogP contribution is -2.13. The summed E-state index contributed by atoms with van der Waals surface area (Å²) in [7, 11) is 3.11. The van der Waals surface area contributed by atoms with Gasteiger partial charge in [-0.2, -0.15) is 0 Å². The van der Waals surface area contributed by atoms with Gasteiger partial charge in [0.05, 0.1) is 20.3 Å². The molecule has 3 rings (SSSR count). The lowest BCUT2D eigenvalue weighted by molar-refractivity contribution is -0.134. The maximum atomic E-state index is 12.3. The number of carbonyl (C=O) groups is 1. The van der Waals surface area contributed by atoms with E-state index in [0.29, 0.717) is 23.0 Å². The average Bonchev–Trinajstić information content (AvgIpc) is 2.80. The second-order valence-electron chi connectivity index (χ2n) is 7.81. The SMILES string of the molecule is CCCC(C)Oc1c(OC)c(OC)c(OC(=O)CC)c2cc(Cc3ccccc3)ccc12. The molecule has 0 amide bonds. The fourth-order valence-corrected chi connectivity index (χ4v) is 3.81. The van der Waals surface area contributed by atoms with Crippen LogP contribution in [0.4, 0.5) is 0 Å². The van der Waals surface area contributed by atoms with Crippen molar-refractivity contribution in [1.82, 2.24) is 0 Å². The van der Waals surface area contributed by atoms with Crippen LogP contribution in [0.25, 0.3) is 10.8 Å². The molecule has 3 aromatic carbocycles. The summed E-state index contributed by atoms with van der Waals surface area (Å²) in [5, 5.41) is 1.58. The van der Waals surface area contributed by atoms with Gasteiger partial charge >= 0.3 is 5.97 Å². The van der Waals surface area contributed by atoms with Crippen molar-refractivity contribution in [3.05, 3.63) is 59.7 Å². The lowest BCUT2D eigenvalue weighted by Gasteiger charge is -2.23. The Morgan fingerprint density at radius 3 is 2.16 bits per heavy atom. The summed E-state index contributed by atoms with van der Waals surface area (Å²) >= 11 is 0. The van der Waals surface area contributed by atoms with Crippen molar-refractivity contribution < 1.29 is 23.7 Å². The van der Waals surface area contributed by atoms with Crippen molar-refractivity contribution in [3.63, 3.8) is 0 Å². The van der Waals surface area contributed by atoms with Gasteiger partial charge in [-0.25, -0.2) is 0 Å². The second kappa shape index (κ2) is 10.9. The van der Waals surface area contributed by atoms with Crippen LogP contribution < -0.4 is 18.9 Å². The van der Waals surface area contributed by atoms with E-state index in [9.17, 15) is 4.79 Å². The van der Waals surface area contributed by atoms with E-state index in [1.807, 2.05) is 37.3 Å². The number of esters is 1. The zero-order valence-electron chi connectivity index (χ0n) is 19.6. The van der Waals surface area contributed by atoms with Gasteiger partial charge in [-0.3, -0.25) is 4.79 Å². The Balaban J connectivity index is 2.23. The topological polar surface area (TPSA) is 54.0 Å². The van der Waals surface area contributed by atoms with Gasteiger partial charge in [0, 0.05) is 17.2 Å². The Bertz CT molecular complexity index is 1060. The minimum absolute atomic E-state index is 0.00477. The molecule has 5 heteroatoms. The molecule has 170 valence electrons. The highest BCUT2D eigenvalue weighted by Crippen LogP contribution is 2.51. The number of ether oxygens (including phenoxy) is 4. The summed E-state index contributed by atoms with van der Waals surface area (Å²) in [5.74, 6) is 1.41. The molecule has 0 aliphatic rings. The van der Waals surface area contributed by atoms with Crippen LogP contribution in [0.5, 0.6) is 23.0 Å². The first kappa shape index (κ1) is 23.5. The van der Waals surface area contributed by atoms with E-state index in [2.05, 4.69) is 25.1 Å². The van der Waals surface area contributed by atoms with Gasteiger partial charge in [-0.15, -0.1) is 0 Å². The van der Waals surface area contributed by atoms with Crippen molar-refractivity contribution in [2.75, 3.05) is 14.2 Å². The van der Waals surface area contributed by atoms with Crippen LogP contribution in [0.15, 0.2) is 48.5 Å². The van der Waals surface area contributed by atoms with Gasteiger partial charge in [-0.05, 0) is 37.0 Å². The number of benzene rings is 3. The molecule has 0 aliphatic heterocycles. The summed E-state index contributed by atoms with van der Waals surface area (Å²) in [4.78, 5) is 12.3. The van der Waals surface area contributed by atoms with Crippen LogP contribution in [-0.2, 0) is 11.2 Å². The van der Waals surface area contributed by atoms with Gasteiger partial charge in [0.1, 0.15) is 0 Å². The summed E-state index contributed by atoms with van der Waals surface area (Å²) in [5.41, 5.74) is 2.30. The van der Waals surface area contributed by atoms with Crippen LogP contribution in [0.1, 0.15) is 51.2 Å². The minimum Gasteiger partial charge on any atom is -0.490 e. The highest BCUT2D eigenvalue weighted by atomic mass is 16.6. The molecule has 0 saturated carbocycles.